The zero-order valence-electron chi connectivity index (χ0n) is 10.6. The molecule has 1 aliphatic heterocycles. The maximum atomic E-state index is 13.1. The van der Waals surface area contributed by atoms with E-state index in [1.54, 1.807) is 4.90 Å². The zero-order chi connectivity index (χ0) is 14.9. The van der Waals surface area contributed by atoms with Crippen molar-refractivity contribution in [2.45, 2.75) is 25.1 Å². The van der Waals surface area contributed by atoms with E-state index in [0.717, 1.165) is 25.0 Å². The predicted molar refractivity (Wildman–Crippen MR) is 67.5 cm³/mol. The highest BCUT2D eigenvalue weighted by Crippen LogP contribution is 2.40. The summed E-state index contributed by atoms with van der Waals surface area (Å²) in [5, 5.41) is 10.6. The van der Waals surface area contributed by atoms with Crippen LogP contribution in [0.3, 0.4) is 0 Å². The van der Waals surface area contributed by atoms with E-state index >= 15 is 0 Å². The van der Waals surface area contributed by atoms with Gasteiger partial charge < -0.3 is 10.6 Å². The number of halogens is 3. The summed E-state index contributed by atoms with van der Waals surface area (Å²) in [4.78, 5) is 11.4. The number of hydrogen-bond donors (Lipinski definition) is 1. The Hall–Kier alpha value is -1.83. The van der Waals surface area contributed by atoms with E-state index < -0.39 is 22.4 Å². The molecular weight excluding hydrogens is 275 g/mol. The van der Waals surface area contributed by atoms with E-state index in [9.17, 15) is 23.3 Å². The molecule has 0 aromatic heterocycles. The summed E-state index contributed by atoms with van der Waals surface area (Å²) in [5.41, 5.74) is 3.99. The van der Waals surface area contributed by atoms with E-state index in [1.165, 1.54) is 0 Å². The van der Waals surface area contributed by atoms with Crippen LogP contribution in [0.2, 0.25) is 0 Å². The zero-order valence-corrected chi connectivity index (χ0v) is 10.6. The lowest BCUT2D eigenvalue weighted by molar-refractivity contribution is -0.385. The molecule has 110 valence electrons. The molecule has 1 fully saturated rings. The summed E-state index contributed by atoms with van der Waals surface area (Å²) in [6.45, 7) is 0.733. The number of nitrogens with two attached hydrogens (primary N) is 1. The molecule has 0 bridgehead atoms. The summed E-state index contributed by atoms with van der Waals surface area (Å²) in [6.07, 6.45) is -3.15. The van der Waals surface area contributed by atoms with Crippen molar-refractivity contribution < 1.29 is 18.1 Å². The van der Waals surface area contributed by atoms with Gasteiger partial charge in [0.25, 0.3) is 5.69 Å². The molecule has 0 aliphatic carbocycles. The number of hydrogen-bond acceptors (Lipinski definition) is 4. The topological polar surface area (TPSA) is 72.4 Å². The fourth-order valence-corrected chi connectivity index (χ4v) is 2.51. The third-order valence-corrected chi connectivity index (χ3v) is 3.45. The Bertz CT molecular complexity index is 519. The van der Waals surface area contributed by atoms with Gasteiger partial charge in [-0.2, -0.15) is 13.2 Å². The molecule has 0 spiro atoms. The van der Waals surface area contributed by atoms with Gasteiger partial charge in [0, 0.05) is 37.0 Å². The van der Waals surface area contributed by atoms with E-state index in [2.05, 4.69) is 0 Å². The molecule has 8 heteroatoms. The van der Waals surface area contributed by atoms with Gasteiger partial charge in [-0.05, 0) is 18.9 Å². The lowest BCUT2D eigenvalue weighted by Crippen LogP contribution is -2.36. The molecule has 1 aliphatic rings. The van der Waals surface area contributed by atoms with Crippen molar-refractivity contribution in [3.05, 3.63) is 33.9 Å². The maximum absolute atomic E-state index is 13.1. The standard InChI is InChI=1S/C12H14F3N3O2/c13-12(14,15)10-6-8(18(19)20)3-4-11(10)17-5-1-2-9(17)7-16/h3-4,6,9H,1-2,5,7,16H2. The van der Waals surface area contributed by atoms with Crippen molar-refractivity contribution in [2.75, 3.05) is 18.0 Å². The van der Waals surface area contributed by atoms with Crippen molar-refractivity contribution in [3.8, 4) is 0 Å². The summed E-state index contributed by atoms with van der Waals surface area (Å²) in [6, 6.07) is 2.68. The minimum Gasteiger partial charge on any atom is -0.367 e. The van der Waals surface area contributed by atoms with Gasteiger partial charge in [0.2, 0.25) is 0 Å². The van der Waals surface area contributed by atoms with Gasteiger partial charge in [0.05, 0.1) is 10.5 Å². The van der Waals surface area contributed by atoms with Crippen LogP contribution in [-0.4, -0.2) is 24.1 Å². The van der Waals surface area contributed by atoms with Crippen LogP contribution in [0.15, 0.2) is 18.2 Å². The van der Waals surface area contributed by atoms with Crippen LogP contribution in [0.25, 0.3) is 0 Å². The number of non-ortho nitro benzene ring substituents is 1. The molecule has 5 nitrogen and oxygen atoms in total. The normalized spacial score (nSPS) is 19.4. The highest BCUT2D eigenvalue weighted by molar-refractivity contribution is 5.60. The molecule has 1 atom stereocenters. The summed E-state index contributed by atoms with van der Waals surface area (Å²) in [7, 11) is 0. The van der Waals surface area contributed by atoms with Crippen LogP contribution < -0.4 is 10.6 Å². The monoisotopic (exact) mass is 289 g/mol. The van der Waals surface area contributed by atoms with Gasteiger partial charge in [0.15, 0.2) is 0 Å². The number of rotatable bonds is 3. The largest absolute Gasteiger partial charge is 0.418 e. The molecule has 1 aromatic carbocycles. The molecule has 20 heavy (non-hydrogen) atoms. The van der Waals surface area contributed by atoms with Crippen LogP contribution in [0.1, 0.15) is 18.4 Å². The fourth-order valence-electron chi connectivity index (χ4n) is 2.51. The smallest absolute Gasteiger partial charge is 0.367 e. The first-order valence-corrected chi connectivity index (χ1v) is 6.17. The first kappa shape index (κ1) is 14.6. The van der Waals surface area contributed by atoms with Crippen LogP contribution in [0.4, 0.5) is 24.5 Å². The van der Waals surface area contributed by atoms with Crippen molar-refractivity contribution in [1.29, 1.82) is 0 Å². The number of anilines is 1. The molecule has 0 radical (unpaired) electrons. The number of nitro benzene ring substituents is 1. The molecule has 1 saturated heterocycles. The predicted octanol–water partition coefficient (Wildman–Crippen LogP) is 2.54. The molecule has 0 saturated carbocycles. The average molecular weight is 289 g/mol. The van der Waals surface area contributed by atoms with Gasteiger partial charge in [-0.1, -0.05) is 0 Å². The Morgan fingerprint density at radius 2 is 2.15 bits per heavy atom. The van der Waals surface area contributed by atoms with Gasteiger partial charge in [0.1, 0.15) is 0 Å². The van der Waals surface area contributed by atoms with Crippen molar-refractivity contribution in [3.63, 3.8) is 0 Å². The van der Waals surface area contributed by atoms with Gasteiger partial charge in [-0.15, -0.1) is 0 Å². The van der Waals surface area contributed by atoms with Crippen molar-refractivity contribution in [1.82, 2.24) is 0 Å². The lowest BCUT2D eigenvalue weighted by atomic mass is 10.1. The maximum Gasteiger partial charge on any atom is 0.418 e. The Morgan fingerprint density at radius 1 is 1.45 bits per heavy atom. The Labute approximate surface area is 113 Å². The van der Waals surface area contributed by atoms with Crippen LogP contribution in [0, 0.1) is 10.1 Å². The molecule has 1 heterocycles. The third kappa shape index (κ3) is 2.69. The second-order valence-electron chi connectivity index (χ2n) is 4.68. The highest BCUT2D eigenvalue weighted by Gasteiger charge is 2.38. The van der Waals surface area contributed by atoms with Crippen LogP contribution in [0.5, 0.6) is 0 Å². The number of benzene rings is 1. The van der Waals surface area contributed by atoms with Gasteiger partial charge in [-0.25, -0.2) is 0 Å². The molecule has 2 rings (SSSR count). The molecule has 1 aromatic rings. The first-order chi connectivity index (χ1) is 9.34. The van der Waals surface area contributed by atoms with Crippen LogP contribution in [-0.2, 0) is 6.18 Å². The Kier molecular flexibility index (Phi) is 3.85. The Morgan fingerprint density at radius 3 is 2.70 bits per heavy atom. The fraction of sp³-hybridized carbons (Fsp3) is 0.500. The first-order valence-electron chi connectivity index (χ1n) is 6.17. The minimum atomic E-state index is -4.64. The second-order valence-corrected chi connectivity index (χ2v) is 4.68. The Balaban J connectivity index is 2.49. The van der Waals surface area contributed by atoms with Crippen molar-refractivity contribution >= 4 is 11.4 Å². The molecule has 0 amide bonds. The SMILES string of the molecule is NCC1CCCN1c1ccc([N+](=O)[O-])cc1C(F)(F)F. The highest BCUT2D eigenvalue weighted by atomic mass is 19.4. The third-order valence-electron chi connectivity index (χ3n) is 3.45. The lowest BCUT2D eigenvalue weighted by Gasteiger charge is -2.28. The van der Waals surface area contributed by atoms with Gasteiger partial charge >= 0.3 is 6.18 Å². The second kappa shape index (κ2) is 5.28. The van der Waals surface area contributed by atoms with Crippen LogP contribution >= 0.6 is 0 Å². The van der Waals surface area contributed by atoms with Gasteiger partial charge in [-0.3, -0.25) is 10.1 Å². The summed E-state index contributed by atoms with van der Waals surface area (Å²) < 4.78 is 39.3. The molecule has 2 N–H and O–H groups in total. The molecular formula is C12H14F3N3O2. The average Bonchev–Trinajstić information content (AvgIpc) is 2.85. The van der Waals surface area contributed by atoms with E-state index in [1.807, 2.05) is 0 Å². The minimum absolute atomic E-state index is 0.0314. The number of alkyl halides is 3. The summed E-state index contributed by atoms with van der Waals surface area (Å²) in [5.74, 6) is 0. The summed E-state index contributed by atoms with van der Waals surface area (Å²) >= 11 is 0. The van der Waals surface area contributed by atoms with E-state index in [4.69, 9.17) is 5.73 Å². The van der Waals surface area contributed by atoms with Crippen molar-refractivity contribution in [2.24, 2.45) is 5.73 Å². The molecule has 1 unspecified atom stereocenters. The quantitative estimate of drug-likeness (QED) is 0.685. The van der Waals surface area contributed by atoms with E-state index in [-0.39, 0.29) is 18.3 Å². The number of nitro groups is 1. The number of nitrogens with zero attached hydrogens (tertiary/aromatic N) is 2. The van der Waals surface area contributed by atoms with E-state index in [0.29, 0.717) is 12.6 Å².